The Morgan fingerprint density at radius 3 is 2.46 bits per heavy atom. The van der Waals surface area contributed by atoms with E-state index in [1.165, 1.54) is 6.21 Å². The molecule has 132 valence electrons. The number of H-pyrrole nitrogens is 1. The highest BCUT2D eigenvalue weighted by Gasteiger charge is 2.06. The largest absolute Gasteiger partial charge is 0.484 e. The second-order valence-corrected chi connectivity index (χ2v) is 6.12. The van der Waals surface area contributed by atoms with Crippen LogP contribution >= 0.6 is 23.2 Å². The number of hydrazone groups is 1. The van der Waals surface area contributed by atoms with Crippen LogP contribution in [0.25, 0.3) is 11.3 Å². The number of ether oxygens (including phenoxy) is 1. The number of rotatable bonds is 6. The van der Waals surface area contributed by atoms with Crippen molar-refractivity contribution >= 4 is 35.3 Å². The van der Waals surface area contributed by atoms with E-state index in [0.29, 0.717) is 15.8 Å². The number of aromatic amines is 1. The lowest BCUT2D eigenvalue weighted by molar-refractivity contribution is -0.123. The molecule has 0 saturated heterocycles. The molecule has 2 N–H and O–H groups in total. The van der Waals surface area contributed by atoms with Crippen molar-refractivity contribution in [1.82, 2.24) is 15.6 Å². The van der Waals surface area contributed by atoms with E-state index < -0.39 is 0 Å². The van der Waals surface area contributed by atoms with Crippen LogP contribution in [-0.2, 0) is 4.79 Å². The summed E-state index contributed by atoms with van der Waals surface area (Å²) in [6.45, 7) is -0.158. The van der Waals surface area contributed by atoms with Gasteiger partial charge in [-0.3, -0.25) is 9.89 Å². The monoisotopic (exact) mass is 388 g/mol. The van der Waals surface area contributed by atoms with Gasteiger partial charge in [0.2, 0.25) is 0 Å². The van der Waals surface area contributed by atoms with Crippen LogP contribution in [0.5, 0.6) is 5.75 Å². The first kappa shape index (κ1) is 18.0. The topological polar surface area (TPSA) is 79.4 Å². The van der Waals surface area contributed by atoms with Crippen molar-refractivity contribution in [3.8, 4) is 17.0 Å². The third kappa shape index (κ3) is 4.84. The molecule has 1 heterocycles. The molecule has 0 saturated carbocycles. The van der Waals surface area contributed by atoms with Gasteiger partial charge < -0.3 is 4.74 Å². The lowest BCUT2D eigenvalue weighted by atomic mass is 10.1. The summed E-state index contributed by atoms with van der Waals surface area (Å²) >= 11 is 11.7. The molecule has 1 aromatic heterocycles. The Balaban J connectivity index is 1.55. The molecule has 6 nitrogen and oxygen atoms in total. The number of nitrogens with one attached hydrogen (secondary N) is 2. The van der Waals surface area contributed by atoms with Crippen LogP contribution in [0.3, 0.4) is 0 Å². The zero-order valence-electron chi connectivity index (χ0n) is 13.4. The number of hydrogen-bond donors (Lipinski definition) is 2. The Hall–Kier alpha value is -2.83. The van der Waals surface area contributed by atoms with E-state index in [1.54, 1.807) is 42.6 Å². The molecule has 0 unspecified atom stereocenters. The first-order valence-electron chi connectivity index (χ1n) is 7.61. The average molecular weight is 389 g/mol. The van der Waals surface area contributed by atoms with E-state index in [1.807, 2.05) is 12.1 Å². The summed E-state index contributed by atoms with van der Waals surface area (Å²) in [6.07, 6.45) is 3.12. The normalized spacial score (nSPS) is 10.8. The van der Waals surface area contributed by atoms with Crippen molar-refractivity contribution in [3.05, 3.63) is 70.3 Å². The maximum Gasteiger partial charge on any atom is 0.277 e. The smallest absolute Gasteiger partial charge is 0.277 e. The Kier molecular flexibility index (Phi) is 5.88. The molecular formula is C18H14Cl2N4O2. The molecule has 0 atom stereocenters. The lowest BCUT2D eigenvalue weighted by Crippen LogP contribution is -2.24. The molecule has 0 fully saturated rings. The number of carbonyl (C=O) groups is 1. The van der Waals surface area contributed by atoms with Crippen molar-refractivity contribution in [2.24, 2.45) is 5.10 Å². The van der Waals surface area contributed by atoms with Gasteiger partial charge in [-0.2, -0.15) is 10.2 Å². The van der Waals surface area contributed by atoms with Gasteiger partial charge in [-0.05, 0) is 36.4 Å². The fourth-order valence-corrected chi connectivity index (χ4v) is 2.38. The Bertz CT molecular complexity index is 906. The summed E-state index contributed by atoms with van der Waals surface area (Å²) in [6, 6.07) is 14.0. The SMILES string of the molecule is O=C(COc1ccc(Cl)cc1)N/N=C\c1cn[nH]c1-c1ccc(Cl)cc1. The maximum atomic E-state index is 11.8. The predicted octanol–water partition coefficient (Wildman–Crippen LogP) is 3.91. The minimum atomic E-state index is -0.382. The van der Waals surface area contributed by atoms with E-state index in [4.69, 9.17) is 27.9 Å². The molecule has 3 rings (SSSR count). The van der Waals surface area contributed by atoms with Crippen LogP contribution in [0.4, 0.5) is 0 Å². The standard InChI is InChI=1S/C18H14Cl2N4O2/c19-14-3-1-12(2-4-14)18-13(10-22-24-18)9-21-23-17(25)11-26-16-7-5-15(20)6-8-16/h1-10H,11H2,(H,22,24)(H,23,25)/b21-9-. The lowest BCUT2D eigenvalue weighted by Gasteiger charge is -2.04. The van der Waals surface area contributed by atoms with Crippen molar-refractivity contribution in [2.75, 3.05) is 6.61 Å². The van der Waals surface area contributed by atoms with Crippen LogP contribution in [-0.4, -0.2) is 28.9 Å². The fourth-order valence-electron chi connectivity index (χ4n) is 2.13. The number of benzene rings is 2. The van der Waals surface area contributed by atoms with Crippen LogP contribution in [0.15, 0.2) is 59.8 Å². The third-order valence-corrected chi connectivity index (χ3v) is 3.88. The second kappa shape index (κ2) is 8.51. The molecule has 1 amide bonds. The molecule has 0 radical (unpaired) electrons. The first-order chi connectivity index (χ1) is 12.6. The molecule has 0 aliphatic carbocycles. The highest BCUT2D eigenvalue weighted by molar-refractivity contribution is 6.30. The average Bonchev–Trinajstić information content (AvgIpc) is 3.10. The van der Waals surface area contributed by atoms with E-state index in [2.05, 4.69) is 20.7 Å². The van der Waals surface area contributed by atoms with Gasteiger partial charge >= 0.3 is 0 Å². The van der Waals surface area contributed by atoms with Gasteiger partial charge in [-0.1, -0.05) is 35.3 Å². The Morgan fingerprint density at radius 1 is 1.12 bits per heavy atom. The first-order valence-corrected chi connectivity index (χ1v) is 8.37. The number of carbonyl (C=O) groups excluding carboxylic acids is 1. The molecule has 26 heavy (non-hydrogen) atoms. The maximum absolute atomic E-state index is 11.8. The van der Waals surface area contributed by atoms with Gasteiger partial charge in [0.1, 0.15) is 5.75 Å². The highest BCUT2D eigenvalue weighted by atomic mass is 35.5. The predicted molar refractivity (Wildman–Crippen MR) is 102 cm³/mol. The minimum Gasteiger partial charge on any atom is -0.484 e. The molecule has 8 heteroatoms. The molecule has 0 aliphatic rings. The zero-order chi connectivity index (χ0) is 18.4. The highest BCUT2D eigenvalue weighted by Crippen LogP contribution is 2.21. The second-order valence-electron chi connectivity index (χ2n) is 5.24. The molecular weight excluding hydrogens is 375 g/mol. The summed E-state index contributed by atoms with van der Waals surface area (Å²) in [7, 11) is 0. The van der Waals surface area contributed by atoms with E-state index >= 15 is 0 Å². The number of hydrogen-bond acceptors (Lipinski definition) is 4. The van der Waals surface area contributed by atoms with E-state index in [9.17, 15) is 4.79 Å². The Morgan fingerprint density at radius 2 is 1.77 bits per heavy atom. The third-order valence-electron chi connectivity index (χ3n) is 3.38. The van der Waals surface area contributed by atoms with Crippen molar-refractivity contribution in [1.29, 1.82) is 0 Å². The summed E-state index contributed by atoms with van der Waals surface area (Å²) < 4.78 is 5.34. The van der Waals surface area contributed by atoms with E-state index in [0.717, 1.165) is 16.8 Å². The van der Waals surface area contributed by atoms with Gasteiger partial charge in [-0.25, -0.2) is 5.43 Å². The van der Waals surface area contributed by atoms with Crippen molar-refractivity contribution in [2.45, 2.75) is 0 Å². The van der Waals surface area contributed by atoms with Crippen molar-refractivity contribution < 1.29 is 9.53 Å². The summed E-state index contributed by atoms with van der Waals surface area (Å²) in [5.74, 6) is 0.168. The van der Waals surface area contributed by atoms with Crippen LogP contribution in [0, 0.1) is 0 Å². The summed E-state index contributed by atoms with van der Waals surface area (Å²) in [4.78, 5) is 11.8. The van der Waals surface area contributed by atoms with Crippen LogP contribution in [0.2, 0.25) is 10.0 Å². The van der Waals surface area contributed by atoms with Gasteiger partial charge in [0.15, 0.2) is 6.61 Å². The summed E-state index contributed by atoms with van der Waals surface area (Å²) in [5, 5.41) is 12.1. The van der Waals surface area contributed by atoms with Crippen LogP contribution < -0.4 is 10.2 Å². The van der Waals surface area contributed by atoms with E-state index in [-0.39, 0.29) is 12.5 Å². The molecule has 2 aromatic carbocycles. The zero-order valence-corrected chi connectivity index (χ0v) is 15.0. The summed E-state index contributed by atoms with van der Waals surface area (Å²) in [5.41, 5.74) is 4.82. The molecule has 3 aromatic rings. The number of aromatic nitrogens is 2. The minimum absolute atomic E-state index is 0.158. The number of halogens is 2. The van der Waals surface area contributed by atoms with Gasteiger partial charge in [0.05, 0.1) is 18.1 Å². The molecule has 0 spiro atoms. The van der Waals surface area contributed by atoms with Crippen molar-refractivity contribution in [3.63, 3.8) is 0 Å². The van der Waals surface area contributed by atoms with Gasteiger partial charge in [0.25, 0.3) is 5.91 Å². The Labute approximate surface area is 159 Å². The van der Waals surface area contributed by atoms with Gasteiger partial charge in [0, 0.05) is 21.2 Å². The fraction of sp³-hybridized carbons (Fsp3) is 0.0556. The number of amides is 1. The van der Waals surface area contributed by atoms with Gasteiger partial charge in [-0.15, -0.1) is 0 Å². The van der Waals surface area contributed by atoms with Crippen LogP contribution in [0.1, 0.15) is 5.56 Å². The molecule has 0 aliphatic heterocycles. The number of nitrogens with zero attached hydrogens (tertiary/aromatic N) is 2. The quantitative estimate of drug-likeness (QED) is 0.496. The molecule has 0 bridgehead atoms.